The zero-order valence-electron chi connectivity index (χ0n) is 17.4. The number of amides is 2. The van der Waals surface area contributed by atoms with Gasteiger partial charge in [-0.25, -0.2) is 14.2 Å². The van der Waals surface area contributed by atoms with Crippen molar-refractivity contribution in [3.05, 3.63) is 72.2 Å². The molecule has 1 aliphatic rings. The van der Waals surface area contributed by atoms with Gasteiger partial charge in [-0.15, -0.1) is 0 Å². The van der Waals surface area contributed by atoms with Gasteiger partial charge in [0.1, 0.15) is 5.82 Å². The number of anilines is 2. The summed E-state index contributed by atoms with van der Waals surface area (Å²) in [5, 5.41) is 3.03. The second kappa shape index (κ2) is 7.91. The van der Waals surface area contributed by atoms with Crippen molar-refractivity contribution in [1.29, 1.82) is 0 Å². The smallest absolute Gasteiger partial charge is 0.321 e. The summed E-state index contributed by atoms with van der Waals surface area (Å²) in [7, 11) is 0. The van der Waals surface area contributed by atoms with Gasteiger partial charge in [-0.2, -0.15) is 0 Å². The first-order valence-electron chi connectivity index (χ1n) is 10.5. The SMILES string of the molecule is Cc1ccccc1NC(=O)N1CCCN(c2nc3cc(F)ccc3n3cccc23)CC1. The molecule has 0 unspecified atom stereocenters. The Kier molecular flexibility index (Phi) is 4.94. The van der Waals surface area contributed by atoms with Crippen molar-refractivity contribution in [2.24, 2.45) is 0 Å². The standard InChI is InChI=1S/C24H24FN5O/c1-17-6-2-3-7-19(17)27-24(31)29-12-5-11-28(14-15-29)23-22-8-4-13-30(22)21-10-9-18(25)16-20(21)26-23/h2-4,6-10,13,16H,5,11-12,14-15H2,1H3,(H,27,31). The molecule has 6 nitrogen and oxygen atoms in total. The van der Waals surface area contributed by atoms with Crippen LogP contribution in [-0.4, -0.2) is 46.5 Å². The fourth-order valence-corrected chi connectivity index (χ4v) is 4.21. The number of fused-ring (bicyclic) bond motifs is 3. The summed E-state index contributed by atoms with van der Waals surface area (Å²) >= 11 is 0. The van der Waals surface area contributed by atoms with E-state index in [1.165, 1.54) is 12.1 Å². The van der Waals surface area contributed by atoms with Crippen molar-refractivity contribution in [1.82, 2.24) is 14.3 Å². The highest BCUT2D eigenvalue weighted by Crippen LogP contribution is 2.27. The van der Waals surface area contributed by atoms with Gasteiger partial charge in [0, 0.05) is 44.1 Å². The first-order chi connectivity index (χ1) is 15.1. The highest BCUT2D eigenvalue weighted by atomic mass is 19.1. The molecule has 0 aliphatic carbocycles. The number of rotatable bonds is 2. The summed E-state index contributed by atoms with van der Waals surface area (Å²) in [4.78, 5) is 21.7. The third-order valence-corrected chi connectivity index (χ3v) is 5.87. The van der Waals surface area contributed by atoms with Gasteiger partial charge >= 0.3 is 6.03 Å². The van der Waals surface area contributed by atoms with Crippen molar-refractivity contribution < 1.29 is 9.18 Å². The van der Waals surface area contributed by atoms with Crippen LogP contribution in [0.3, 0.4) is 0 Å². The number of benzene rings is 2. The Balaban J connectivity index is 1.39. The molecule has 0 saturated carbocycles. The lowest BCUT2D eigenvalue weighted by molar-refractivity contribution is 0.215. The van der Waals surface area contributed by atoms with E-state index < -0.39 is 0 Å². The highest BCUT2D eigenvalue weighted by Gasteiger charge is 2.22. The maximum absolute atomic E-state index is 13.8. The van der Waals surface area contributed by atoms with E-state index in [0.29, 0.717) is 25.2 Å². The lowest BCUT2D eigenvalue weighted by Gasteiger charge is -2.24. The fraction of sp³-hybridized carbons (Fsp3) is 0.250. The van der Waals surface area contributed by atoms with Crippen molar-refractivity contribution >= 4 is 34.1 Å². The summed E-state index contributed by atoms with van der Waals surface area (Å²) < 4.78 is 15.9. The van der Waals surface area contributed by atoms with Gasteiger partial charge in [-0.05, 0) is 49.2 Å². The predicted molar refractivity (Wildman–Crippen MR) is 121 cm³/mol. The number of urea groups is 1. The van der Waals surface area contributed by atoms with Crippen molar-refractivity contribution in [3.63, 3.8) is 0 Å². The van der Waals surface area contributed by atoms with Crippen LogP contribution in [0.5, 0.6) is 0 Å². The quantitative estimate of drug-likeness (QED) is 0.515. The number of hydrogen-bond donors (Lipinski definition) is 1. The van der Waals surface area contributed by atoms with Crippen LogP contribution in [-0.2, 0) is 0 Å². The lowest BCUT2D eigenvalue weighted by Crippen LogP contribution is -2.38. The van der Waals surface area contributed by atoms with E-state index in [2.05, 4.69) is 10.2 Å². The Bertz CT molecular complexity index is 1270. The Labute approximate surface area is 179 Å². The van der Waals surface area contributed by atoms with E-state index in [9.17, 15) is 9.18 Å². The second-order valence-electron chi connectivity index (χ2n) is 7.90. The largest absolute Gasteiger partial charge is 0.353 e. The summed E-state index contributed by atoms with van der Waals surface area (Å²) in [6, 6.07) is 16.4. The number of nitrogens with one attached hydrogen (secondary N) is 1. The number of nitrogens with zero attached hydrogens (tertiary/aromatic N) is 4. The molecule has 1 aliphatic heterocycles. The average Bonchev–Trinajstić information content (AvgIpc) is 3.12. The molecule has 2 aromatic carbocycles. The minimum Gasteiger partial charge on any atom is -0.353 e. The normalized spacial score (nSPS) is 14.8. The zero-order chi connectivity index (χ0) is 21.4. The molecule has 0 radical (unpaired) electrons. The summed E-state index contributed by atoms with van der Waals surface area (Å²) in [5.74, 6) is 0.525. The molecule has 3 heterocycles. The number of para-hydroxylation sites is 1. The van der Waals surface area contributed by atoms with Gasteiger partial charge < -0.3 is 19.5 Å². The number of carbonyl (C=O) groups excluding carboxylic acids is 1. The monoisotopic (exact) mass is 417 g/mol. The molecule has 1 N–H and O–H groups in total. The van der Waals surface area contributed by atoms with Crippen LogP contribution in [0.2, 0.25) is 0 Å². The number of halogens is 1. The molecule has 0 atom stereocenters. The van der Waals surface area contributed by atoms with E-state index in [1.54, 1.807) is 6.07 Å². The van der Waals surface area contributed by atoms with Gasteiger partial charge in [0.2, 0.25) is 0 Å². The molecule has 2 aromatic heterocycles. The zero-order valence-corrected chi connectivity index (χ0v) is 17.4. The van der Waals surface area contributed by atoms with Gasteiger partial charge in [-0.3, -0.25) is 0 Å². The van der Waals surface area contributed by atoms with Crippen molar-refractivity contribution in [3.8, 4) is 0 Å². The Morgan fingerprint density at radius 1 is 1.00 bits per heavy atom. The van der Waals surface area contributed by atoms with E-state index in [1.807, 2.05) is 58.8 Å². The minimum absolute atomic E-state index is 0.0856. The van der Waals surface area contributed by atoms with E-state index in [-0.39, 0.29) is 11.8 Å². The summed E-state index contributed by atoms with van der Waals surface area (Å²) in [5.41, 5.74) is 4.35. The van der Waals surface area contributed by atoms with Crippen LogP contribution in [0.4, 0.5) is 20.7 Å². The molecule has 7 heteroatoms. The first-order valence-corrected chi connectivity index (χ1v) is 10.5. The van der Waals surface area contributed by atoms with Crippen LogP contribution >= 0.6 is 0 Å². The molecule has 31 heavy (non-hydrogen) atoms. The van der Waals surface area contributed by atoms with E-state index >= 15 is 0 Å². The molecule has 0 bridgehead atoms. The van der Waals surface area contributed by atoms with Crippen molar-refractivity contribution in [2.45, 2.75) is 13.3 Å². The van der Waals surface area contributed by atoms with E-state index in [0.717, 1.165) is 41.1 Å². The minimum atomic E-state index is -0.299. The average molecular weight is 417 g/mol. The number of aryl methyl sites for hydroxylation is 1. The number of aromatic nitrogens is 2. The molecule has 0 spiro atoms. The van der Waals surface area contributed by atoms with Crippen LogP contribution in [0.15, 0.2) is 60.8 Å². The van der Waals surface area contributed by atoms with E-state index in [4.69, 9.17) is 4.98 Å². The molecule has 4 aromatic rings. The maximum Gasteiger partial charge on any atom is 0.321 e. The number of hydrogen-bond acceptors (Lipinski definition) is 3. The first kappa shape index (κ1) is 19.4. The van der Waals surface area contributed by atoms with Gasteiger partial charge in [0.25, 0.3) is 0 Å². The van der Waals surface area contributed by atoms with Crippen LogP contribution < -0.4 is 10.2 Å². The van der Waals surface area contributed by atoms with Crippen molar-refractivity contribution in [2.75, 3.05) is 36.4 Å². The van der Waals surface area contributed by atoms with Gasteiger partial charge in [-0.1, -0.05) is 18.2 Å². The molecular formula is C24H24FN5O. The third kappa shape index (κ3) is 3.67. The Morgan fingerprint density at radius 3 is 2.74 bits per heavy atom. The lowest BCUT2D eigenvalue weighted by atomic mass is 10.2. The highest BCUT2D eigenvalue weighted by molar-refractivity contribution is 5.90. The molecular weight excluding hydrogens is 393 g/mol. The molecule has 1 saturated heterocycles. The maximum atomic E-state index is 13.8. The summed E-state index contributed by atoms with van der Waals surface area (Å²) in [6.07, 6.45) is 2.80. The van der Waals surface area contributed by atoms with Gasteiger partial charge in [0.15, 0.2) is 5.82 Å². The van der Waals surface area contributed by atoms with Crippen LogP contribution in [0.1, 0.15) is 12.0 Å². The Hall–Kier alpha value is -3.61. The second-order valence-corrected chi connectivity index (χ2v) is 7.90. The van der Waals surface area contributed by atoms with Gasteiger partial charge in [0.05, 0.1) is 16.6 Å². The molecule has 2 amide bonds. The van der Waals surface area contributed by atoms with Crippen LogP contribution in [0, 0.1) is 12.7 Å². The predicted octanol–water partition coefficient (Wildman–Crippen LogP) is 4.68. The topological polar surface area (TPSA) is 52.9 Å². The molecule has 5 rings (SSSR count). The van der Waals surface area contributed by atoms with Crippen LogP contribution in [0.25, 0.3) is 16.6 Å². The molecule has 158 valence electrons. The summed E-state index contributed by atoms with van der Waals surface area (Å²) in [6.45, 7) is 4.69. The number of carbonyl (C=O) groups is 1. The third-order valence-electron chi connectivity index (χ3n) is 5.87. The molecule has 1 fully saturated rings. The Morgan fingerprint density at radius 2 is 1.87 bits per heavy atom. The fourth-order valence-electron chi connectivity index (χ4n) is 4.21.